The minimum atomic E-state index is -4.49. The molecule has 28 heavy (non-hydrogen) atoms. The Kier molecular flexibility index (Phi) is 8.37. The van der Waals surface area contributed by atoms with Gasteiger partial charge in [0, 0.05) is 43.0 Å². The van der Waals surface area contributed by atoms with E-state index < -0.39 is 11.9 Å². The maximum absolute atomic E-state index is 12.6. The number of nitrogens with zero attached hydrogens (tertiary/aromatic N) is 3. The molecular weight excluding hydrogens is 389 g/mol. The first-order chi connectivity index (χ1) is 13.4. The lowest BCUT2D eigenvalue weighted by atomic mass is 10.4. The SMILES string of the molecule is CN=C(NCCNc1nccc(C(F)(F)F)n1)NCC(C)Sc1ccccc1. The van der Waals surface area contributed by atoms with Crippen molar-refractivity contribution in [2.24, 2.45) is 4.99 Å². The van der Waals surface area contributed by atoms with Crippen LogP contribution in [-0.4, -0.2) is 47.9 Å². The molecule has 0 spiro atoms. The predicted molar refractivity (Wildman–Crippen MR) is 107 cm³/mol. The van der Waals surface area contributed by atoms with Crippen molar-refractivity contribution in [3.8, 4) is 0 Å². The van der Waals surface area contributed by atoms with E-state index in [1.54, 1.807) is 18.8 Å². The number of hydrogen-bond donors (Lipinski definition) is 3. The molecule has 1 aromatic carbocycles. The van der Waals surface area contributed by atoms with Crippen LogP contribution in [0.4, 0.5) is 19.1 Å². The number of rotatable bonds is 8. The molecule has 1 atom stereocenters. The number of guanidine groups is 1. The lowest BCUT2D eigenvalue weighted by Crippen LogP contribution is -2.41. The van der Waals surface area contributed by atoms with Gasteiger partial charge in [-0.05, 0) is 18.2 Å². The molecule has 1 unspecified atom stereocenters. The standard InChI is InChI=1S/C18H23F3N6S/c1-13(28-14-6-4-3-5-7-14)12-26-16(22-2)24-10-11-25-17-23-9-8-15(27-17)18(19,20)21/h3-9,13H,10-12H2,1-2H3,(H2,22,24,26)(H,23,25,27). The summed E-state index contributed by atoms with van der Waals surface area (Å²) in [5.41, 5.74) is -0.972. The summed E-state index contributed by atoms with van der Waals surface area (Å²) in [5, 5.41) is 9.41. The van der Waals surface area contributed by atoms with Gasteiger partial charge in [0.25, 0.3) is 0 Å². The fraction of sp³-hybridized carbons (Fsp3) is 0.389. The van der Waals surface area contributed by atoms with E-state index in [0.29, 0.717) is 30.8 Å². The van der Waals surface area contributed by atoms with Gasteiger partial charge in [-0.15, -0.1) is 11.8 Å². The fourth-order valence-electron chi connectivity index (χ4n) is 2.19. The highest BCUT2D eigenvalue weighted by molar-refractivity contribution is 8.00. The smallest absolute Gasteiger partial charge is 0.355 e. The molecule has 6 nitrogen and oxygen atoms in total. The van der Waals surface area contributed by atoms with E-state index in [0.717, 1.165) is 12.3 Å². The number of hydrogen-bond acceptors (Lipinski definition) is 5. The molecule has 0 aliphatic heterocycles. The van der Waals surface area contributed by atoms with Gasteiger partial charge in [-0.3, -0.25) is 4.99 Å². The van der Waals surface area contributed by atoms with E-state index >= 15 is 0 Å². The molecule has 2 aromatic rings. The quantitative estimate of drug-likeness (QED) is 0.268. The van der Waals surface area contributed by atoms with E-state index in [9.17, 15) is 13.2 Å². The molecule has 0 saturated carbocycles. The minimum Gasteiger partial charge on any atom is -0.355 e. The topological polar surface area (TPSA) is 74.2 Å². The van der Waals surface area contributed by atoms with Crippen molar-refractivity contribution < 1.29 is 13.2 Å². The van der Waals surface area contributed by atoms with Crippen molar-refractivity contribution >= 4 is 23.7 Å². The largest absolute Gasteiger partial charge is 0.433 e. The summed E-state index contributed by atoms with van der Waals surface area (Å²) >= 11 is 1.76. The van der Waals surface area contributed by atoms with E-state index in [4.69, 9.17) is 0 Å². The Bertz CT molecular complexity index is 754. The zero-order valence-corrected chi connectivity index (χ0v) is 16.4. The molecule has 0 saturated heterocycles. The summed E-state index contributed by atoms with van der Waals surface area (Å²) in [6.45, 7) is 3.61. The van der Waals surface area contributed by atoms with E-state index in [1.807, 2.05) is 18.2 Å². The third-order valence-corrected chi connectivity index (χ3v) is 4.62. The summed E-state index contributed by atoms with van der Waals surface area (Å²) in [4.78, 5) is 12.6. The van der Waals surface area contributed by atoms with Crippen LogP contribution in [0.15, 0.2) is 52.5 Å². The Hall–Kier alpha value is -2.49. The molecular formula is C18H23F3N6S. The van der Waals surface area contributed by atoms with Crippen molar-refractivity contribution in [3.63, 3.8) is 0 Å². The molecule has 0 fully saturated rings. The van der Waals surface area contributed by atoms with Gasteiger partial charge in [0.2, 0.25) is 5.95 Å². The first-order valence-electron chi connectivity index (χ1n) is 8.69. The number of nitrogens with one attached hydrogen (secondary N) is 3. The summed E-state index contributed by atoms with van der Waals surface area (Å²) in [7, 11) is 1.66. The van der Waals surface area contributed by atoms with Gasteiger partial charge in [0.15, 0.2) is 5.96 Å². The van der Waals surface area contributed by atoms with Gasteiger partial charge < -0.3 is 16.0 Å². The molecule has 0 radical (unpaired) electrons. The Morgan fingerprint density at radius 3 is 2.57 bits per heavy atom. The number of halogens is 3. The Morgan fingerprint density at radius 1 is 1.14 bits per heavy atom. The van der Waals surface area contributed by atoms with E-state index in [-0.39, 0.29) is 5.95 Å². The van der Waals surface area contributed by atoms with Crippen molar-refractivity contribution in [1.29, 1.82) is 0 Å². The van der Waals surface area contributed by atoms with Gasteiger partial charge in [-0.2, -0.15) is 13.2 Å². The molecule has 0 bridgehead atoms. The second kappa shape index (κ2) is 10.7. The number of alkyl halides is 3. The lowest BCUT2D eigenvalue weighted by molar-refractivity contribution is -0.141. The van der Waals surface area contributed by atoms with Gasteiger partial charge >= 0.3 is 6.18 Å². The molecule has 1 heterocycles. The summed E-state index contributed by atoms with van der Waals surface area (Å²) in [5.74, 6) is 0.555. The molecule has 0 aliphatic carbocycles. The zero-order valence-electron chi connectivity index (χ0n) is 15.6. The number of benzene rings is 1. The van der Waals surface area contributed by atoms with Gasteiger partial charge in [-0.1, -0.05) is 25.1 Å². The van der Waals surface area contributed by atoms with Crippen molar-refractivity contribution in [3.05, 3.63) is 48.3 Å². The predicted octanol–water partition coefficient (Wildman–Crippen LogP) is 3.25. The maximum atomic E-state index is 12.6. The molecule has 1 aromatic heterocycles. The van der Waals surface area contributed by atoms with Crippen LogP contribution in [0.5, 0.6) is 0 Å². The molecule has 152 valence electrons. The zero-order chi connectivity index (χ0) is 20.4. The summed E-state index contributed by atoms with van der Waals surface area (Å²) in [6.07, 6.45) is -3.41. The Balaban J connectivity index is 1.70. The molecule has 0 amide bonds. The van der Waals surface area contributed by atoms with E-state index in [1.165, 1.54) is 4.90 Å². The molecule has 2 rings (SSSR count). The Morgan fingerprint density at radius 2 is 1.89 bits per heavy atom. The monoisotopic (exact) mass is 412 g/mol. The number of aromatic nitrogens is 2. The second-order valence-corrected chi connectivity index (χ2v) is 7.32. The third kappa shape index (κ3) is 7.63. The van der Waals surface area contributed by atoms with Gasteiger partial charge in [0.1, 0.15) is 5.69 Å². The fourth-order valence-corrected chi connectivity index (χ4v) is 3.14. The van der Waals surface area contributed by atoms with Crippen molar-refractivity contribution in [2.45, 2.75) is 23.2 Å². The van der Waals surface area contributed by atoms with Crippen LogP contribution < -0.4 is 16.0 Å². The average molecular weight is 412 g/mol. The van der Waals surface area contributed by atoms with Gasteiger partial charge in [0.05, 0.1) is 0 Å². The van der Waals surface area contributed by atoms with Crippen LogP contribution in [-0.2, 0) is 6.18 Å². The third-order valence-electron chi connectivity index (χ3n) is 3.51. The van der Waals surface area contributed by atoms with Crippen LogP contribution in [0.2, 0.25) is 0 Å². The number of anilines is 1. The van der Waals surface area contributed by atoms with Crippen molar-refractivity contribution in [2.75, 3.05) is 32.0 Å². The minimum absolute atomic E-state index is 0.0625. The van der Waals surface area contributed by atoms with Gasteiger partial charge in [-0.25, -0.2) is 9.97 Å². The van der Waals surface area contributed by atoms with Crippen LogP contribution in [0, 0.1) is 0 Å². The highest BCUT2D eigenvalue weighted by Gasteiger charge is 2.32. The number of aliphatic imine (C=N–C) groups is 1. The first-order valence-corrected chi connectivity index (χ1v) is 9.57. The van der Waals surface area contributed by atoms with Crippen molar-refractivity contribution in [1.82, 2.24) is 20.6 Å². The summed E-state index contributed by atoms with van der Waals surface area (Å²) < 4.78 is 37.9. The number of thioether (sulfide) groups is 1. The molecule has 0 aliphatic rings. The highest BCUT2D eigenvalue weighted by atomic mass is 32.2. The normalized spacial score (nSPS) is 13.1. The van der Waals surface area contributed by atoms with Crippen LogP contribution in [0.25, 0.3) is 0 Å². The maximum Gasteiger partial charge on any atom is 0.433 e. The summed E-state index contributed by atoms with van der Waals surface area (Å²) in [6, 6.07) is 11.0. The van der Waals surface area contributed by atoms with E-state index in [2.05, 4.69) is 50.0 Å². The molecule has 3 N–H and O–H groups in total. The van der Waals surface area contributed by atoms with Crippen LogP contribution in [0.3, 0.4) is 0 Å². The average Bonchev–Trinajstić information content (AvgIpc) is 2.68. The first kappa shape index (κ1) is 21.8. The van der Waals surface area contributed by atoms with Crippen LogP contribution in [0.1, 0.15) is 12.6 Å². The highest BCUT2D eigenvalue weighted by Crippen LogP contribution is 2.27. The molecule has 10 heteroatoms. The lowest BCUT2D eigenvalue weighted by Gasteiger charge is -2.16. The second-order valence-electron chi connectivity index (χ2n) is 5.81. The van der Waals surface area contributed by atoms with Crippen LogP contribution >= 0.6 is 11.8 Å². The Labute approximate surface area is 166 Å².